The summed E-state index contributed by atoms with van der Waals surface area (Å²) < 4.78 is 77.4. The molecule has 0 radical (unpaired) electrons. The highest BCUT2D eigenvalue weighted by atomic mass is 35.5. The van der Waals surface area contributed by atoms with Crippen LogP contribution in [0.15, 0.2) is 53.5 Å². The minimum Gasteiger partial charge on any atom is -0.310 e. The van der Waals surface area contributed by atoms with Crippen LogP contribution >= 0.6 is 11.6 Å². The van der Waals surface area contributed by atoms with Gasteiger partial charge in [0, 0.05) is 28.3 Å². The second-order valence-electron chi connectivity index (χ2n) is 6.92. The second kappa shape index (κ2) is 9.26. The van der Waals surface area contributed by atoms with Gasteiger partial charge in [-0.05, 0) is 49.4 Å². The molecule has 3 aromatic rings. The highest BCUT2D eigenvalue weighted by Gasteiger charge is 2.36. The summed E-state index contributed by atoms with van der Waals surface area (Å²) >= 11 is 5.93. The Morgan fingerprint density at radius 1 is 1.06 bits per heavy atom. The molecule has 1 heterocycles. The number of hydrogen-bond donors (Lipinski definition) is 2. The van der Waals surface area contributed by atoms with E-state index in [0.717, 1.165) is 24.3 Å². The summed E-state index contributed by atoms with van der Waals surface area (Å²) in [6, 6.07) is 9.64. The van der Waals surface area contributed by atoms with Crippen LogP contribution in [-0.4, -0.2) is 21.9 Å². The summed E-state index contributed by atoms with van der Waals surface area (Å²) in [7, 11) is 0. The zero-order chi connectivity index (χ0) is 24.4. The number of amidine groups is 1. The largest absolute Gasteiger partial charge is 0.435 e. The summed E-state index contributed by atoms with van der Waals surface area (Å²) in [6.45, 7) is 1.22. The van der Waals surface area contributed by atoms with Crippen molar-refractivity contribution >= 4 is 29.0 Å². The van der Waals surface area contributed by atoms with E-state index >= 15 is 0 Å². The number of aromatic nitrogens is 2. The van der Waals surface area contributed by atoms with Crippen molar-refractivity contribution in [3.63, 3.8) is 0 Å². The van der Waals surface area contributed by atoms with E-state index in [1.54, 1.807) is 18.2 Å². The van der Waals surface area contributed by atoms with Crippen molar-refractivity contribution in [2.75, 3.05) is 0 Å². The van der Waals surface area contributed by atoms with Crippen molar-refractivity contribution in [3.8, 4) is 0 Å². The minimum atomic E-state index is -4.67. The first-order valence-corrected chi connectivity index (χ1v) is 9.65. The average molecular weight is 489 g/mol. The van der Waals surface area contributed by atoms with Gasteiger partial charge >= 0.3 is 12.4 Å². The Labute approximate surface area is 188 Å². The fraction of sp³-hybridized carbons (Fsp3) is 0.190. The van der Waals surface area contributed by atoms with Crippen LogP contribution in [0.5, 0.6) is 0 Å². The van der Waals surface area contributed by atoms with Crippen LogP contribution in [-0.2, 0) is 18.8 Å². The molecule has 1 aromatic heterocycles. The number of amides is 1. The third-order valence-electron chi connectivity index (χ3n) is 4.53. The number of aliphatic imine (C=N–C) groups is 1. The van der Waals surface area contributed by atoms with Crippen LogP contribution in [0.4, 0.5) is 32.0 Å². The standard InChI is InChI=1S/C21H15ClF6N4O/c1-11-16(31-32-18(11)21(26,27)28)10-17(29-15-4-2-3-14(22)9-15)30-19(33)12-5-7-13(8-6-12)20(23,24)25/h2-9H,10H2,1H3,(H,31,32)(H,29,30,33). The third kappa shape index (κ3) is 6.13. The Morgan fingerprint density at radius 2 is 1.73 bits per heavy atom. The molecule has 1 amide bonds. The monoisotopic (exact) mass is 488 g/mol. The van der Waals surface area contributed by atoms with Crippen molar-refractivity contribution in [1.82, 2.24) is 15.5 Å². The molecule has 0 saturated heterocycles. The molecule has 0 aliphatic rings. The number of alkyl halides is 6. The lowest BCUT2D eigenvalue weighted by Gasteiger charge is -2.11. The Balaban J connectivity index is 1.91. The Bertz CT molecular complexity index is 1180. The van der Waals surface area contributed by atoms with Crippen LogP contribution in [0.1, 0.15) is 32.9 Å². The highest BCUT2D eigenvalue weighted by molar-refractivity contribution is 6.30. The Kier molecular flexibility index (Phi) is 6.82. The summed E-state index contributed by atoms with van der Waals surface area (Å²) in [5, 5.41) is 8.35. The van der Waals surface area contributed by atoms with Gasteiger partial charge in [0.25, 0.3) is 5.91 Å². The fourth-order valence-electron chi connectivity index (χ4n) is 2.88. The second-order valence-corrected chi connectivity index (χ2v) is 7.35. The van der Waals surface area contributed by atoms with Crippen molar-refractivity contribution in [3.05, 3.63) is 81.6 Å². The van der Waals surface area contributed by atoms with E-state index in [0.29, 0.717) is 10.7 Å². The van der Waals surface area contributed by atoms with E-state index in [1.807, 2.05) is 0 Å². The van der Waals surface area contributed by atoms with Crippen LogP contribution < -0.4 is 5.32 Å². The quantitative estimate of drug-likeness (QED) is 0.264. The number of rotatable bonds is 4. The van der Waals surface area contributed by atoms with Gasteiger partial charge in [0.05, 0.1) is 11.3 Å². The van der Waals surface area contributed by atoms with Crippen molar-refractivity contribution < 1.29 is 31.1 Å². The van der Waals surface area contributed by atoms with Gasteiger partial charge in [-0.3, -0.25) is 9.89 Å². The molecule has 0 fully saturated rings. The van der Waals surface area contributed by atoms with E-state index in [1.165, 1.54) is 13.0 Å². The summed E-state index contributed by atoms with van der Waals surface area (Å²) in [6.07, 6.45) is -9.51. The van der Waals surface area contributed by atoms with Gasteiger partial charge in [-0.15, -0.1) is 0 Å². The van der Waals surface area contributed by atoms with Crippen LogP contribution in [0.3, 0.4) is 0 Å². The maximum absolute atomic E-state index is 13.1. The molecule has 5 nitrogen and oxygen atoms in total. The molecule has 0 aliphatic carbocycles. The third-order valence-corrected chi connectivity index (χ3v) is 4.76. The molecule has 0 unspecified atom stereocenters. The van der Waals surface area contributed by atoms with Crippen LogP contribution in [0.25, 0.3) is 0 Å². The topological polar surface area (TPSA) is 70.1 Å². The van der Waals surface area contributed by atoms with E-state index in [9.17, 15) is 31.1 Å². The predicted octanol–water partition coefficient (Wildman–Crippen LogP) is 6.11. The van der Waals surface area contributed by atoms with Gasteiger partial charge in [-0.2, -0.15) is 31.4 Å². The zero-order valence-electron chi connectivity index (χ0n) is 16.8. The average Bonchev–Trinajstić information content (AvgIpc) is 3.08. The van der Waals surface area contributed by atoms with Gasteiger partial charge in [-0.1, -0.05) is 17.7 Å². The fourth-order valence-corrected chi connectivity index (χ4v) is 3.06. The van der Waals surface area contributed by atoms with Crippen molar-refractivity contribution in [2.45, 2.75) is 25.7 Å². The molecule has 2 N–H and O–H groups in total. The molecule has 33 heavy (non-hydrogen) atoms. The van der Waals surface area contributed by atoms with E-state index in [4.69, 9.17) is 11.6 Å². The molecule has 3 rings (SSSR count). The van der Waals surface area contributed by atoms with E-state index in [2.05, 4.69) is 20.5 Å². The molecular weight excluding hydrogens is 474 g/mol. The van der Waals surface area contributed by atoms with Crippen molar-refractivity contribution in [1.29, 1.82) is 0 Å². The number of hydrogen-bond acceptors (Lipinski definition) is 3. The maximum atomic E-state index is 13.1. The lowest BCUT2D eigenvalue weighted by atomic mass is 10.1. The number of benzene rings is 2. The Hall–Kier alpha value is -3.34. The number of halogens is 7. The number of carbonyl (C=O) groups is 1. The SMILES string of the molecule is Cc1c(C(F)(F)F)n[nH]c1CC(=Nc1cccc(Cl)c1)NC(=O)c1ccc(C(F)(F)F)cc1. The number of aromatic amines is 1. The first-order valence-electron chi connectivity index (χ1n) is 9.27. The summed E-state index contributed by atoms with van der Waals surface area (Å²) in [5.41, 5.74) is -1.95. The van der Waals surface area contributed by atoms with Gasteiger partial charge in [0.15, 0.2) is 5.69 Å². The molecule has 174 valence electrons. The maximum Gasteiger partial charge on any atom is 0.435 e. The van der Waals surface area contributed by atoms with Gasteiger partial charge < -0.3 is 5.32 Å². The Morgan fingerprint density at radius 3 is 2.27 bits per heavy atom. The smallest absolute Gasteiger partial charge is 0.310 e. The minimum absolute atomic E-state index is 0.0517. The first kappa shape index (κ1) is 24.3. The predicted molar refractivity (Wildman–Crippen MR) is 109 cm³/mol. The van der Waals surface area contributed by atoms with Crippen LogP contribution in [0, 0.1) is 6.92 Å². The van der Waals surface area contributed by atoms with Gasteiger partial charge in [-0.25, -0.2) is 4.99 Å². The summed E-state index contributed by atoms with van der Waals surface area (Å²) in [5.74, 6) is -0.861. The van der Waals surface area contributed by atoms with Gasteiger partial charge in [0.2, 0.25) is 0 Å². The number of nitrogens with one attached hydrogen (secondary N) is 2. The molecule has 0 atom stereocenters. The molecule has 2 aromatic carbocycles. The molecule has 0 bridgehead atoms. The molecule has 0 saturated carbocycles. The molecule has 12 heteroatoms. The number of nitrogens with zero attached hydrogens (tertiary/aromatic N) is 2. The number of H-pyrrole nitrogens is 1. The summed E-state index contributed by atoms with van der Waals surface area (Å²) in [4.78, 5) is 16.8. The number of carbonyl (C=O) groups excluding carboxylic acids is 1. The van der Waals surface area contributed by atoms with Crippen LogP contribution in [0.2, 0.25) is 5.02 Å². The first-order chi connectivity index (χ1) is 15.3. The van der Waals surface area contributed by atoms with E-state index < -0.39 is 29.5 Å². The lowest BCUT2D eigenvalue weighted by molar-refractivity contribution is -0.141. The highest BCUT2D eigenvalue weighted by Crippen LogP contribution is 2.31. The lowest BCUT2D eigenvalue weighted by Crippen LogP contribution is -2.32. The normalized spacial score (nSPS) is 12.7. The zero-order valence-corrected chi connectivity index (χ0v) is 17.5. The van der Waals surface area contributed by atoms with Crippen molar-refractivity contribution in [2.24, 2.45) is 4.99 Å². The van der Waals surface area contributed by atoms with E-state index in [-0.39, 0.29) is 29.1 Å². The molecule has 0 spiro atoms. The van der Waals surface area contributed by atoms with Gasteiger partial charge in [0.1, 0.15) is 5.84 Å². The molecule has 0 aliphatic heterocycles. The molecular formula is C21H15ClF6N4O.